The molecule has 0 saturated heterocycles. The molecule has 110 valence electrons. The van der Waals surface area contributed by atoms with Gasteiger partial charge in [0.15, 0.2) is 5.15 Å². The molecule has 0 aliphatic carbocycles. The first kappa shape index (κ1) is 15.5. The molecule has 0 amide bonds. The molecule has 21 heavy (non-hydrogen) atoms. The van der Waals surface area contributed by atoms with Crippen molar-refractivity contribution < 1.29 is 9.90 Å². The number of halogens is 2. The van der Waals surface area contributed by atoms with Crippen molar-refractivity contribution in [2.45, 2.75) is 19.4 Å². The number of carbonyl (C=O) groups is 1. The second kappa shape index (κ2) is 6.28. The summed E-state index contributed by atoms with van der Waals surface area (Å²) in [6.07, 6.45) is 0.146. The highest BCUT2D eigenvalue weighted by atomic mass is 35.5. The second-order valence-corrected chi connectivity index (χ2v) is 5.21. The fourth-order valence-electron chi connectivity index (χ4n) is 2.07. The fourth-order valence-corrected chi connectivity index (χ4v) is 2.46. The monoisotopic (exact) mass is 326 g/mol. The molecular formula is C14H12Cl2N2O3. The normalized spacial score (nSPS) is 12.1. The number of aromatic nitrogens is 2. The van der Waals surface area contributed by atoms with Gasteiger partial charge in [0.1, 0.15) is 11.2 Å². The van der Waals surface area contributed by atoms with Gasteiger partial charge in [-0.25, -0.2) is 9.78 Å². The summed E-state index contributed by atoms with van der Waals surface area (Å²) in [6.45, 7) is 1.54. The van der Waals surface area contributed by atoms with Gasteiger partial charge in [0, 0.05) is 6.42 Å². The quantitative estimate of drug-likeness (QED) is 0.937. The first-order valence-corrected chi connectivity index (χ1v) is 6.88. The van der Waals surface area contributed by atoms with Gasteiger partial charge in [0.25, 0.3) is 5.56 Å². The number of rotatable bonds is 4. The average molecular weight is 327 g/mol. The van der Waals surface area contributed by atoms with Crippen LogP contribution in [0.5, 0.6) is 0 Å². The smallest absolute Gasteiger partial charge is 0.327 e. The number of aliphatic carboxylic acids is 1. The number of carboxylic acid groups (broad SMARTS) is 1. The summed E-state index contributed by atoms with van der Waals surface area (Å²) in [4.78, 5) is 27.4. The van der Waals surface area contributed by atoms with E-state index in [1.807, 2.05) is 6.07 Å². The van der Waals surface area contributed by atoms with E-state index in [0.29, 0.717) is 0 Å². The molecule has 7 heteroatoms. The van der Waals surface area contributed by atoms with Gasteiger partial charge in [-0.1, -0.05) is 53.5 Å². The maximum atomic E-state index is 12.1. The highest BCUT2D eigenvalue weighted by Crippen LogP contribution is 2.20. The topological polar surface area (TPSA) is 72.2 Å². The number of benzene rings is 1. The van der Waals surface area contributed by atoms with E-state index in [-0.39, 0.29) is 22.4 Å². The van der Waals surface area contributed by atoms with Crippen LogP contribution in [0, 0.1) is 6.92 Å². The average Bonchev–Trinajstić information content (AvgIpc) is 2.45. The zero-order valence-corrected chi connectivity index (χ0v) is 12.6. The van der Waals surface area contributed by atoms with Gasteiger partial charge in [-0.05, 0) is 12.5 Å². The van der Waals surface area contributed by atoms with Gasteiger partial charge in [-0.2, -0.15) is 0 Å². The lowest BCUT2D eigenvalue weighted by molar-refractivity contribution is -0.141. The Morgan fingerprint density at radius 3 is 2.48 bits per heavy atom. The number of nitrogens with zero attached hydrogens (tertiary/aromatic N) is 2. The van der Waals surface area contributed by atoms with Gasteiger partial charge in [-0.15, -0.1) is 0 Å². The predicted octanol–water partition coefficient (Wildman–Crippen LogP) is 2.73. The van der Waals surface area contributed by atoms with Crippen LogP contribution in [0.4, 0.5) is 0 Å². The largest absolute Gasteiger partial charge is 0.480 e. The van der Waals surface area contributed by atoms with Crippen LogP contribution in [0.1, 0.15) is 17.3 Å². The highest BCUT2D eigenvalue weighted by molar-refractivity contribution is 6.32. The van der Waals surface area contributed by atoms with Crippen molar-refractivity contribution in [1.82, 2.24) is 9.55 Å². The van der Waals surface area contributed by atoms with E-state index >= 15 is 0 Å². The molecule has 1 atom stereocenters. The zero-order chi connectivity index (χ0) is 15.6. The Morgan fingerprint density at radius 2 is 1.90 bits per heavy atom. The van der Waals surface area contributed by atoms with E-state index in [2.05, 4.69) is 4.98 Å². The Labute approximate surface area is 130 Å². The van der Waals surface area contributed by atoms with Crippen LogP contribution in [0.25, 0.3) is 0 Å². The SMILES string of the molecule is Cc1c(Cl)nc(Cl)c(=O)n1C(Cc1ccccc1)C(=O)O. The molecule has 1 aromatic carbocycles. The summed E-state index contributed by atoms with van der Waals surface area (Å²) >= 11 is 11.6. The maximum absolute atomic E-state index is 12.1. The third-order valence-electron chi connectivity index (χ3n) is 3.12. The number of hydrogen-bond donors (Lipinski definition) is 1. The van der Waals surface area contributed by atoms with Crippen LogP contribution in [0.15, 0.2) is 35.1 Å². The lowest BCUT2D eigenvalue weighted by atomic mass is 10.1. The van der Waals surface area contributed by atoms with Crippen LogP contribution >= 0.6 is 23.2 Å². The van der Waals surface area contributed by atoms with Crippen molar-refractivity contribution in [2.75, 3.05) is 0 Å². The van der Waals surface area contributed by atoms with Gasteiger partial charge in [-0.3, -0.25) is 9.36 Å². The van der Waals surface area contributed by atoms with Crippen LogP contribution in [0.3, 0.4) is 0 Å². The van der Waals surface area contributed by atoms with E-state index in [1.165, 1.54) is 6.92 Å². The molecule has 5 nitrogen and oxygen atoms in total. The lowest BCUT2D eigenvalue weighted by Gasteiger charge is -2.19. The molecule has 1 aromatic heterocycles. The van der Waals surface area contributed by atoms with Crippen molar-refractivity contribution in [3.63, 3.8) is 0 Å². The summed E-state index contributed by atoms with van der Waals surface area (Å²) in [5.74, 6) is -1.14. The molecule has 1 N–H and O–H groups in total. The molecule has 0 radical (unpaired) electrons. The van der Waals surface area contributed by atoms with Gasteiger partial charge in [0.2, 0.25) is 0 Å². The van der Waals surface area contributed by atoms with Crippen molar-refractivity contribution >= 4 is 29.2 Å². The Hall–Kier alpha value is -1.85. The van der Waals surface area contributed by atoms with Crippen molar-refractivity contribution in [1.29, 1.82) is 0 Å². The third kappa shape index (κ3) is 3.25. The first-order chi connectivity index (χ1) is 9.91. The first-order valence-electron chi connectivity index (χ1n) is 6.12. The number of carboxylic acids is 1. The van der Waals surface area contributed by atoms with E-state index in [4.69, 9.17) is 23.2 Å². The number of hydrogen-bond acceptors (Lipinski definition) is 3. The summed E-state index contributed by atoms with van der Waals surface area (Å²) in [6, 6.07) is 7.92. The van der Waals surface area contributed by atoms with Gasteiger partial charge < -0.3 is 5.11 Å². The molecule has 0 aliphatic rings. The highest BCUT2D eigenvalue weighted by Gasteiger charge is 2.25. The minimum Gasteiger partial charge on any atom is -0.480 e. The van der Waals surface area contributed by atoms with Crippen molar-refractivity contribution in [3.05, 3.63) is 62.2 Å². The Bertz CT molecular complexity index is 729. The standard InChI is InChI=1S/C14H12Cl2N2O3/c1-8-11(15)17-12(16)13(19)18(8)10(14(20)21)7-9-5-3-2-4-6-9/h2-6,10H,7H2,1H3,(H,20,21). The van der Waals surface area contributed by atoms with E-state index in [0.717, 1.165) is 10.1 Å². The summed E-state index contributed by atoms with van der Waals surface area (Å²) in [5.41, 5.74) is 0.400. The Kier molecular flexibility index (Phi) is 4.65. The minimum atomic E-state index is -1.14. The molecule has 0 aliphatic heterocycles. The molecule has 2 aromatic rings. The Balaban J connectivity index is 2.54. The van der Waals surface area contributed by atoms with Crippen LogP contribution < -0.4 is 5.56 Å². The summed E-state index contributed by atoms with van der Waals surface area (Å²) in [5, 5.41) is 9.12. The molecule has 0 fully saturated rings. The van der Waals surface area contributed by atoms with Crippen LogP contribution in [-0.4, -0.2) is 20.6 Å². The molecule has 0 bridgehead atoms. The molecule has 2 rings (SSSR count). The van der Waals surface area contributed by atoms with Crippen LogP contribution in [-0.2, 0) is 11.2 Å². The van der Waals surface area contributed by atoms with Crippen molar-refractivity contribution in [3.8, 4) is 0 Å². The van der Waals surface area contributed by atoms with E-state index in [9.17, 15) is 14.7 Å². The van der Waals surface area contributed by atoms with Crippen molar-refractivity contribution in [2.24, 2.45) is 0 Å². The molecule has 1 heterocycles. The second-order valence-electron chi connectivity index (χ2n) is 4.50. The zero-order valence-electron chi connectivity index (χ0n) is 11.1. The maximum Gasteiger partial charge on any atom is 0.327 e. The van der Waals surface area contributed by atoms with Crippen LogP contribution in [0.2, 0.25) is 10.3 Å². The third-order valence-corrected chi connectivity index (χ3v) is 3.72. The van der Waals surface area contributed by atoms with E-state index < -0.39 is 17.6 Å². The molecule has 1 unspecified atom stereocenters. The predicted molar refractivity (Wildman–Crippen MR) is 80.1 cm³/mol. The lowest BCUT2D eigenvalue weighted by Crippen LogP contribution is -2.34. The summed E-state index contributed by atoms with van der Waals surface area (Å²) in [7, 11) is 0. The fraction of sp³-hybridized carbons (Fsp3) is 0.214. The van der Waals surface area contributed by atoms with E-state index in [1.54, 1.807) is 24.3 Å². The van der Waals surface area contributed by atoms with Gasteiger partial charge in [0.05, 0.1) is 5.69 Å². The molecule has 0 spiro atoms. The molecule has 0 saturated carbocycles. The Morgan fingerprint density at radius 1 is 1.29 bits per heavy atom. The van der Waals surface area contributed by atoms with Gasteiger partial charge >= 0.3 is 5.97 Å². The summed E-state index contributed by atoms with van der Waals surface area (Å²) < 4.78 is 1.08. The minimum absolute atomic E-state index is 0.0129. The molecular weight excluding hydrogens is 315 g/mol.